The summed E-state index contributed by atoms with van der Waals surface area (Å²) in [5, 5.41) is 4.62. The molecule has 692 valence electrons. The molecule has 0 bridgehead atoms. The minimum Gasteiger partial charge on any atom is -0.493 e. The first-order valence-electron chi connectivity index (χ1n) is 46.8. The Morgan fingerprint density at radius 2 is 0.794 bits per heavy atom. The number of carbonyl (C=O) groups excluding carboxylic acids is 4. The van der Waals surface area contributed by atoms with E-state index >= 15 is 0 Å². The fourth-order valence-corrected chi connectivity index (χ4v) is 19.7. The van der Waals surface area contributed by atoms with Crippen molar-refractivity contribution in [1.29, 1.82) is 0 Å². The van der Waals surface area contributed by atoms with Crippen molar-refractivity contribution >= 4 is 57.4 Å². The SMILES string of the molecule is CCN1CCN(c2cccc3c2CN([C@H](CCCN(Cc2ccc(F)cc2)C(C)=O)c2ccc(OC)c(OC)c2)C3=O)CC1.CCN1CCN(c2cccc3c2CN([C@H](CCCN(Cc2ccc(F)cc2)C2CC2)c2ccc(OC)c(OC)c2)C3=O)CC1.CCN1CCN(c2cccc3c2CN([C@H](CCCNc2ccc4ccccc4n2)c2ccc(OC)c(OC)c2)C3=O)CC1. The molecule has 9 aromatic carbocycles. The average molecular weight is 1780 g/mol. The number of para-hydroxylation sites is 1. The number of halogens is 2. The van der Waals surface area contributed by atoms with E-state index in [1.165, 1.54) is 36.3 Å². The summed E-state index contributed by atoms with van der Waals surface area (Å²) in [6, 6.07) is 61.9. The highest BCUT2D eigenvalue weighted by Gasteiger charge is 2.41. The van der Waals surface area contributed by atoms with Crippen LogP contribution >= 0.6 is 0 Å². The minimum atomic E-state index is -0.302. The molecule has 17 rings (SSSR count). The zero-order chi connectivity index (χ0) is 91.6. The zero-order valence-electron chi connectivity index (χ0n) is 77.9. The number of piperazine rings is 3. The number of benzene rings is 9. The van der Waals surface area contributed by atoms with Crippen molar-refractivity contribution < 1.29 is 56.4 Å². The predicted molar refractivity (Wildman–Crippen MR) is 514 cm³/mol. The van der Waals surface area contributed by atoms with Crippen molar-refractivity contribution in [1.82, 2.24) is 44.2 Å². The molecule has 6 aliphatic heterocycles. The lowest BCUT2D eigenvalue weighted by atomic mass is 9.99. The van der Waals surface area contributed by atoms with E-state index in [-0.39, 0.29) is 53.4 Å². The molecule has 4 fully saturated rings. The third kappa shape index (κ3) is 22.3. The predicted octanol–water partition coefficient (Wildman–Crippen LogP) is 17.6. The standard InChI is InChI=1S/C36H45FN4O3.C35H43FN4O4.C35H41N5O3/c1-4-38-19-21-39(22-20-38)33-8-5-7-30-31(33)25-41(36(30)42)32(27-12-17-34(43-2)35(23-27)44-3)9-6-18-40(29-15-16-29)24-26-10-13-28(37)14-11-26;1-5-37-18-20-38(21-19-37)32-9-6-8-29-30(32)24-40(35(29)42)31(27-13-16-33(43-3)34(22-27)44-4)10-7-17-39(25(2)41)23-26-11-14-28(36)15-12-26;1-4-38-19-21-39(22-20-38)31-12-7-10-27-28(31)24-40(35(27)41)30(26-14-16-32(42-2)33(23-26)43-3)13-8-18-36-34-17-15-25-9-5-6-11-29(25)37-34/h5,7-8,10-14,17,23,29,32H,4,6,9,15-16,18-22,24-25H2,1-3H3;6,8-9,11-16,22,31H,5,7,10,17-21,23-24H2,1-4H3;5-7,9-12,14-17,23,30H,4,8,13,18-22,24H2,1-3H3,(H,36,37)/t32-;31-;30-/m111/s1. The van der Waals surface area contributed by atoms with Gasteiger partial charge in [-0.05, 0) is 221 Å². The van der Waals surface area contributed by atoms with E-state index in [1.54, 1.807) is 78.7 Å². The van der Waals surface area contributed by atoms with E-state index < -0.39 is 0 Å². The van der Waals surface area contributed by atoms with E-state index in [1.807, 2.05) is 125 Å². The van der Waals surface area contributed by atoms with Crippen LogP contribution in [0.3, 0.4) is 0 Å². The number of anilines is 4. The summed E-state index contributed by atoms with van der Waals surface area (Å²) < 4.78 is 60.5. The van der Waals surface area contributed by atoms with E-state index in [9.17, 15) is 28.0 Å². The molecule has 1 N–H and O–H groups in total. The molecule has 1 aromatic heterocycles. The Morgan fingerprint density at radius 3 is 1.17 bits per heavy atom. The number of pyridine rings is 1. The number of hydrogen-bond acceptors (Lipinski definition) is 19. The third-order valence-corrected chi connectivity index (χ3v) is 27.4. The van der Waals surface area contributed by atoms with Crippen LogP contribution in [0.25, 0.3) is 10.9 Å². The quantitative estimate of drug-likeness (QED) is 0.0365. The molecule has 3 saturated heterocycles. The summed E-state index contributed by atoms with van der Waals surface area (Å²) in [6.45, 7) is 28.5. The van der Waals surface area contributed by atoms with E-state index in [4.69, 9.17) is 33.4 Å². The maximum Gasteiger partial charge on any atom is 0.255 e. The fraction of sp³-hybridized carbons (Fsp3) is 0.425. The average Bonchev–Trinajstić information content (AvgIpc) is 1.62. The summed E-state index contributed by atoms with van der Waals surface area (Å²) in [4.78, 5) is 84.6. The summed E-state index contributed by atoms with van der Waals surface area (Å²) in [5.41, 5.74) is 15.3. The molecule has 1 saturated carbocycles. The molecule has 1 aliphatic carbocycles. The third-order valence-electron chi connectivity index (χ3n) is 27.4. The summed E-state index contributed by atoms with van der Waals surface area (Å²) in [7, 11) is 9.81. The van der Waals surface area contributed by atoms with Crippen molar-refractivity contribution in [3.05, 3.63) is 267 Å². The lowest BCUT2D eigenvalue weighted by molar-refractivity contribution is -0.129. The van der Waals surface area contributed by atoms with Gasteiger partial charge in [0.25, 0.3) is 17.7 Å². The number of nitrogens with one attached hydrogen (secondary N) is 1. The Morgan fingerprint density at radius 1 is 0.420 bits per heavy atom. The molecule has 4 amide bonds. The van der Waals surface area contributed by atoms with Crippen LogP contribution in [0.1, 0.15) is 173 Å². The molecule has 7 heterocycles. The number of carbonyl (C=O) groups is 4. The highest BCUT2D eigenvalue weighted by atomic mass is 19.1. The second kappa shape index (κ2) is 44.3. The largest absolute Gasteiger partial charge is 0.493 e. The topological polar surface area (TPSA) is 184 Å². The van der Waals surface area contributed by atoms with Gasteiger partial charge in [0.2, 0.25) is 5.91 Å². The maximum atomic E-state index is 14.1. The summed E-state index contributed by atoms with van der Waals surface area (Å²) in [5.74, 6) is 4.45. The molecule has 0 unspecified atom stereocenters. The lowest BCUT2D eigenvalue weighted by Gasteiger charge is -2.36. The first-order chi connectivity index (χ1) is 63.9. The molecule has 0 radical (unpaired) electrons. The second-order valence-corrected chi connectivity index (χ2v) is 35.0. The molecular formula is C106H129F2N13O10. The maximum absolute atomic E-state index is 14.1. The second-order valence-electron chi connectivity index (χ2n) is 35.0. The van der Waals surface area contributed by atoms with E-state index in [2.05, 4.69) is 108 Å². The van der Waals surface area contributed by atoms with Gasteiger partial charge >= 0.3 is 0 Å². The van der Waals surface area contributed by atoms with Crippen molar-refractivity contribution in [3.63, 3.8) is 0 Å². The molecule has 10 aromatic rings. The van der Waals surface area contributed by atoms with Gasteiger partial charge < -0.3 is 82.7 Å². The van der Waals surface area contributed by atoms with Crippen LogP contribution in [0.2, 0.25) is 0 Å². The Balaban J connectivity index is 0.000000150. The molecule has 131 heavy (non-hydrogen) atoms. The Labute approximate surface area is 771 Å². The normalized spacial score (nSPS) is 16.5. The molecule has 7 aliphatic rings. The fourth-order valence-electron chi connectivity index (χ4n) is 19.7. The minimum absolute atomic E-state index is 0.0172. The monoisotopic (exact) mass is 1780 g/mol. The molecular weight excluding hydrogens is 1650 g/mol. The Kier molecular flexibility index (Phi) is 31.6. The van der Waals surface area contributed by atoms with Gasteiger partial charge in [0.1, 0.15) is 17.5 Å². The van der Waals surface area contributed by atoms with Crippen LogP contribution in [0.15, 0.2) is 194 Å². The zero-order valence-corrected chi connectivity index (χ0v) is 77.9. The molecule has 25 heteroatoms. The van der Waals surface area contributed by atoms with E-state index in [0.717, 1.165) is 227 Å². The number of methoxy groups -OCH3 is 6. The van der Waals surface area contributed by atoms with Crippen molar-refractivity contribution in [2.75, 3.05) is 180 Å². The van der Waals surface area contributed by atoms with Crippen LogP contribution < -0.4 is 48.4 Å². The van der Waals surface area contributed by atoms with Crippen molar-refractivity contribution in [3.8, 4) is 34.5 Å². The van der Waals surface area contributed by atoms with Gasteiger partial charge in [0.15, 0.2) is 34.5 Å². The van der Waals surface area contributed by atoms with Crippen molar-refractivity contribution in [2.24, 2.45) is 0 Å². The first kappa shape index (κ1) is 93.6. The summed E-state index contributed by atoms with van der Waals surface area (Å²) >= 11 is 0. The number of fused-ring (bicyclic) bond motifs is 4. The van der Waals surface area contributed by atoms with Gasteiger partial charge in [-0.15, -0.1) is 0 Å². The van der Waals surface area contributed by atoms with Crippen LogP contribution in [-0.4, -0.2) is 234 Å². The lowest BCUT2D eigenvalue weighted by Crippen LogP contribution is -2.46. The van der Waals surface area contributed by atoms with Crippen LogP contribution in [-0.2, 0) is 37.5 Å². The number of rotatable bonds is 36. The van der Waals surface area contributed by atoms with Crippen molar-refractivity contribution in [2.45, 2.75) is 136 Å². The number of amides is 4. The van der Waals surface area contributed by atoms with Gasteiger partial charge in [-0.1, -0.05) is 99.6 Å². The number of nitrogens with zero attached hydrogens (tertiary/aromatic N) is 12. The summed E-state index contributed by atoms with van der Waals surface area (Å²) in [6.07, 6.45) is 7.14. The van der Waals surface area contributed by atoms with Gasteiger partial charge in [-0.2, -0.15) is 0 Å². The van der Waals surface area contributed by atoms with Crippen LogP contribution in [0, 0.1) is 11.6 Å². The highest BCUT2D eigenvalue weighted by Crippen LogP contribution is 2.46. The highest BCUT2D eigenvalue weighted by molar-refractivity contribution is 6.02. The number of aromatic nitrogens is 1. The first-order valence-corrected chi connectivity index (χ1v) is 46.8. The van der Waals surface area contributed by atoms with Gasteiger partial charge in [0.05, 0.1) is 66.3 Å². The smallest absolute Gasteiger partial charge is 0.255 e. The molecule has 23 nitrogen and oxygen atoms in total. The Hall–Kier alpha value is -12.0. The van der Waals surface area contributed by atoms with Gasteiger partial charge in [0, 0.05) is 193 Å². The number of likely N-dealkylation sites (N-methyl/N-ethyl adjacent to an activating group) is 3. The van der Waals surface area contributed by atoms with Crippen LogP contribution in [0.5, 0.6) is 34.5 Å². The molecule has 3 atom stereocenters. The number of hydrogen-bond donors (Lipinski definition) is 1. The van der Waals surface area contributed by atoms with Crippen LogP contribution in [0.4, 0.5) is 31.7 Å². The van der Waals surface area contributed by atoms with Gasteiger partial charge in [-0.25, -0.2) is 13.8 Å². The molecule has 0 spiro atoms. The number of ether oxygens (including phenoxy) is 6. The van der Waals surface area contributed by atoms with Gasteiger partial charge in [-0.3, -0.25) is 24.1 Å². The Bertz CT molecular complexity index is 5550. The van der Waals surface area contributed by atoms with E-state index in [0.29, 0.717) is 86.1 Å².